The van der Waals surface area contributed by atoms with Crippen molar-refractivity contribution in [3.05, 3.63) is 0 Å². The van der Waals surface area contributed by atoms with Gasteiger partial charge in [0, 0.05) is 0 Å². The fraction of sp³-hybridized carbons (Fsp3) is 1.00. The summed E-state index contributed by atoms with van der Waals surface area (Å²) in [5, 5.41) is 0. The first-order chi connectivity index (χ1) is 3.31. The van der Waals surface area contributed by atoms with Gasteiger partial charge in [-0.1, -0.05) is 20.8 Å². The van der Waals surface area contributed by atoms with Crippen LogP contribution in [0.3, 0.4) is 0 Å². The average molecular weight is 118 g/mol. The second kappa shape index (κ2) is 4.59. The summed E-state index contributed by atoms with van der Waals surface area (Å²) >= 11 is 0. The molecule has 0 saturated heterocycles. The molecule has 0 radical (unpaired) electrons. The first-order valence-corrected chi connectivity index (χ1v) is 4.33. The highest BCUT2D eigenvalue weighted by Gasteiger charge is 1.92. The standard InChI is InChI=1S/C6H15P/c1-4-6(3)7-5-2/h6-7H,4-5H2,1-3H3/t6-/m0/s1. The summed E-state index contributed by atoms with van der Waals surface area (Å²) in [4.78, 5) is 0. The van der Waals surface area contributed by atoms with Crippen molar-refractivity contribution in [1.29, 1.82) is 0 Å². The number of hydrogen-bond acceptors (Lipinski definition) is 0. The summed E-state index contributed by atoms with van der Waals surface area (Å²) in [5.41, 5.74) is 0.977. The Kier molecular flexibility index (Phi) is 4.87. The molecule has 0 amide bonds. The Morgan fingerprint density at radius 3 is 2.14 bits per heavy atom. The van der Waals surface area contributed by atoms with Crippen LogP contribution >= 0.6 is 8.58 Å². The molecule has 0 rings (SSSR count). The van der Waals surface area contributed by atoms with E-state index in [1.54, 1.807) is 0 Å². The molecule has 7 heavy (non-hydrogen) atoms. The van der Waals surface area contributed by atoms with Gasteiger partial charge < -0.3 is 0 Å². The van der Waals surface area contributed by atoms with Crippen molar-refractivity contribution in [3.8, 4) is 0 Å². The van der Waals surface area contributed by atoms with E-state index < -0.39 is 0 Å². The van der Waals surface area contributed by atoms with E-state index in [1.165, 1.54) is 21.2 Å². The van der Waals surface area contributed by atoms with Crippen LogP contribution in [0.25, 0.3) is 0 Å². The molecule has 0 fully saturated rings. The smallest absolute Gasteiger partial charge is 0.0268 e. The Balaban J connectivity index is 2.83. The van der Waals surface area contributed by atoms with Crippen molar-refractivity contribution in [2.24, 2.45) is 0 Å². The molecule has 0 nitrogen and oxygen atoms in total. The first kappa shape index (κ1) is 7.43. The molecular formula is C6H15P. The van der Waals surface area contributed by atoms with E-state index in [-0.39, 0.29) is 0 Å². The largest absolute Gasteiger partial charge is 0.119 e. The lowest BCUT2D eigenvalue weighted by molar-refractivity contribution is 0.899. The van der Waals surface area contributed by atoms with Crippen molar-refractivity contribution in [2.45, 2.75) is 32.9 Å². The summed E-state index contributed by atoms with van der Waals surface area (Å²) in [6.45, 7) is 6.83. The van der Waals surface area contributed by atoms with Crippen LogP contribution < -0.4 is 0 Å². The zero-order chi connectivity index (χ0) is 5.70. The Hall–Kier alpha value is 0.430. The van der Waals surface area contributed by atoms with Crippen LogP contribution in [0.5, 0.6) is 0 Å². The van der Waals surface area contributed by atoms with E-state index in [9.17, 15) is 0 Å². The monoisotopic (exact) mass is 118 g/mol. The van der Waals surface area contributed by atoms with E-state index in [4.69, 9.17) is 0 Å². The van der Waals surface area contributed by atoms with Gasteiger partial charge in [0.2, 0.25) is 0 Å². The van der Waals surface area contributed by atoms with Crippen molar-refractivity contribution >= 4 is 8.58 Å². The van der Waals surface area contributed by atoms with Crippen molar-refractivity contribution in [1.82, 2.24) is 0 Å². The van der Waals surface area contributed by atoms with Crippen molar-refractivity contribution < 1.29 is 0 Å². The summed E-state index contributed by atoms with van der Waals surface area (Å²) in [5.74, 6) is 0. The molecule has 0 saturated carbocycles. The highest BCUT2D eigenvalue weighted by molar-refractivity contribution is 7.38. The maximum absolute atomic E-state index is 2.32. The second-order valence-electron chi connectivity index (χ2n) is 1.87. The van der Waals surface area contributed by atoms with Gasteiger partial charge in [0.15, 0.2) is 0 Å². The van der Waals surface area contributed by atoms with Gasteiger partial charge in [0.25, 0.3) is 0 Å². The Bertz CT molecular complexity index is 35.2. The Morgan fingerprint density at radius 2 is 2.00 bits per heavy atom. The number of rotatable bonds is 3. The normalized spacial score (nSPS) is 15.9. The topological polar surface area (TPSA) is 0 Å². The fourth-order valence-electron chi connectivity index (χ4n) is 0.493. The lowest BCUT2D eigenvalue weighted by Crippen LogP contribution is -1.88. The molecule has 44 valence electrons. The summed E-state index contributed by atoms with van der Waals surface area (Å²) < 4.78 is 0. The van der Waals surface area contributed by atoms with Gasteiger partial charge in [-0.15, -0.1) is 8.58 Å². The van der Waals surface area contributed by atoms with E-state index in [1.807, 2.05) is 0 Å². The van der Waals surface area contributed by atoms with Gasteiger partial charge in [-0.25, -0.2) is 0 Å². The molecule has 0 aliphatic heterocycles. The minimum atomic E-state index is 0.977. The molecule has 0 N–H and O–H groups in total. The van der Waals surface area contributed by atoms with Crippen LogP contribution in [0.1, 0.15) is 27.2 Å². The van der Waals surface area contributed by atoms with Gasteiger partial charge in [0.05, 0.1) is 0 Å². The molecule has 0 aromatic carbocycles. The quantitative estimate of drug-likeness (QED) is 0.499. The predicted octanol–water partition coefficient (Wildman–Crippen LogP) is 2.48. The lowest BCUT2D eigenvalue weighted by atomic mass is 10.4. The lowest BCUT2D eigenvalue weighted by Gasteiger charge is -2.03. The molecule has 0 aliphatic rings. The third-order valence-electron chi connectivity index (χ3n) is 1.16. The minimum absolute atomic E-state index is 0.977. The highest BCUT2D eigenvalue weighted by Crippen LogP contribution is 2.19. The first-order valence-electron chi connectivity index (χ1n) is 3.04. The molecular weight excluding hydrogens is 103 g/mol. The van der Waals surface area contributed by atoms with Crippen LogP contribution in [0, 0.1) is 0 Å². The summed E-state index contributed by atoms with van der Waals surface area (Å²) in [7, 11) is 1.19. The summed E-state index contributed by atoms with van der Waals surface area (Å²) in [6.07, 6.45) is 2.72. The Morgan fingerprint density at radius 1 is 1.43 bits per heavy atom. The van der Waals surface area contributed by atoms with Crippen LogP contribution in [0.4, 0.5) is 0 Å². The van der Waals surface area contributed by atoms with Crippen LogP contribution in [0.2, 0.25) is 0 Å². The van der Waals surface area contributed by atoms with Gasteiger partial charge in [-0.3, -0.25) is 0 Å². The van der Waals surface area contributed by atoms with Gasteiger partial charge in [-0.05, 0) is 18.2 Å². The third-order valence-corrected chi connectivity index (χ3v) is 2.68. The molecule has 2 atom stereocenters. The van der Waals surface area contributed by atoms with Crippen LogP contribution in [-0.4, -0.2) is 11.8 Å². The van der Waals surface area contributed by atoms with Crippen LogP contribution in [-0.2, 0) is 0 Å². The van der Waals surface area contributed by atoms with E-state index >= 15 is 0 Å². The summed E-state index contributed by atoms with van der Waals surface area (Å²) in [6, 6.07) is 0. The average Bonchev–Trinajstić information content (AvgIpc) is 1.68. The molecule has 0 aromatic rings. The van der Waals surface area contributed by atoms with Gasteiger partial charge >= 0.3 is 0 Å². The SMILES string of the molecule is CCP[C@@H](C)CC. The maximum Gasteiger partial charge on any atom is -0.0268 e. The van der Waals surface area contributed by atoms with Crippen molar-refractivity contribution in [3.63, 3.8) is 0 Å². The number of hydrogen-bond donors (Lipinski definition) is 0. The van der Waals surface area contributed by atoms with E-state index in [0.29, 0.717) is 0 Å². The van der Waals surface area contributed by atoms with E-state index in [2.05, 4.69) is 20.8 Å². The zero-order valence-electron chi connectivity index (χ0n) is 5.49. The molecule has 0 aromatic heterocycles. The molecule has 0 aliphatic carbocycles. The van der Waals surface area contributed by atoms with Crippen molar-refractivity contribution in [2.75, 3.05) is 6.16 Å². The minimum Gasteiger partial charge on any atom is -0.119 e. The molecule has 0 spiro atoms. The van der Waals surface area contributed by atoms with Gasteiger partial charge in [0.1, 0.15) is 0 Å². The Labute approximate surface area is 48.5 Å². The third kappa shape index (κ3) is 4.28. The molecule has 1 unspecified atom stereocenters. The van der Waals surface area contributed by atoms with E-state index in [0.717, 1.165) is 5.66 Å². The second-order valence-corrected chi connectivity index (χ2v) is 3.97. The van der Waals surface area contributed by atoms with Crippen LogP contribution in [0.15, 0.2) is 0 Å². The molecule has 0 heterocycles. The molecule has 1 heteroatoms. The zero-order valence-corrected chi connectivity index (χ0v) is 6.49. The van der Waals surface area contributed by atoms with Gasteiger partial charge in [-0.2, -0.15) is 0 Å². The predicted molar refractivity (Wildman–Crippen MR) is 38.6 cm³/mol. The fourth-order valence-corrected chi connectivity index (χ4v) is 1.48. The molecule has 0 bridgehead atoms. The highest BCUT2D eigenvalue weighted by atomic mass is 31.1. The maximum atomic E-state index is 2.32.